The van der Waals surface area contributed by atoms with E-state index >= 15 is 0 Å². The van der Waals surface area contributed by atoms with E-state index in [0.29, 0.717) is 11.8 Å². The van der Waals surface area contributed by atoms with Crippen molar-refractivity contribution in [3.05, 3.63) is 35.2 Å². The van der Waals surface area contributed by atoms with Gasteiger partial charge in [-0.25, -0.2) is 0 Å². The lowest BCUT2D eigenvalue weighted by Crippen LogP contribution is -2.11. The summed E-state index contributed by atoms with van der Waals surface area (Å²) in [5, 5.41) is 4.17. The average Bonchev–Trinajstić information content (AvgIpc) is 2.96. The van der Waals surface area contributed by atoms with Crippen LogP contribution in [0.1, 0.15) is 57.1 Å². The first kappa shape index (κ1) is 12.4. The molecule has 3 nitrogen and oxygen atoms in total. The molecule has 1 heterocycles. The number of hydrogen-bond acceptors (Lipinski definition) is 3. The fraction of sp³-hybridized carbons (Fsp3) is 0.500. The molecule has 0 saturated carbocycles. The van der Waals surface area contributed by atoms with Crippen LogP contribution in [0.3, 0.4) is 0 Å². The van der Waals surface area contributed by atoms with Crippen molar-refractivity contribution in [1.29, 1.82) is 0 Å². The Bertz CT molecular complexity index is 607. The predicted molar refractivity (Wildman–Crippen MR) is 75.2 cm³/mol. The van der Waals surface area contributed by atoms with Crippen LogP contribution in [0, 0.1) is 0 Å². The number of nitrogens with zero attached hydrogens (tertiary/aromatic N) is 2. The molecule has 0 aliphatic heterocycles. The van der Waals surface area contributed by atoms with Gasteiger partial charge in [0.1, 0.15) is 0 Å². The second-order valence-corrected chi connectivity index (χ2v) is 6.49. The molecule has 0 bridgehead atoms. The Hall–Kier alpha value is -1.64. The zero-order valence-corrected chi connectivity index (χ0v) is 12.0. The van der Waals surface area contributed by atoms with Crippen LogP contribution in [0.15, 0.2) is 22.7 Å². The lowest BCUT2D eigenvalue weighted by Gasteiger charge is -2.10. The van der Waals surface area contributed by atoms with Crippen molar-refractivity contribution in [3.8, 4) is 11.4 Å². The van der Waals surface area contributed by atoms with E-state index in [9.17, 15) is 0 Å². The molecule has 0 unspecified atom stereocenters. The molecule has 2 aromatic rings. The maximum absolute atomic E-state index is 5.41. The highest BCUT2D eigenvalue weighted by Crippen LogP contribution is 2.38. The van der Waals surface area contributed by atoms with Crippen LogP contribution >= 0.6 is 0 Å². The van der Waals surface area contributed by atoms with Crippen LogP contribution in [-0.2, 0) is 11.8 Å². The lowest BCUT2D eigenvalue weighted by molar-refractivity contribution is 0.321. The van der Waals surface area contributed by atoms with Gasteiger partial charge in [0.15, 0.2) is 0 Å². The molecule has 3 heteroatoms. The third kappa shape index (κ3) is 2.07. The van der Waals surface area contributed by atoms with E-state index in [0.717, 1.165) is 17.8 Å². The zero-order chi connectivity index (χ0) is 13.6. The summed E-state index contributed by atoms with van der Waals surface area (Å²) in [5.74, 6) is 2.07. The highest BCUT2D eigenvalue weighted by Gasteiger charge is 2.26. The largest absolute Gasteiger partial charge is 0.338 e. The van der Waals surface area contributed by atoms with Gasteiger partial charge in [0.25, 0.3) is 0 Å². The van der Waals surface area contributed by atoms with Gasteiger partial charge in [0.2, 0.25) is 11.7 Å². The van der Waals surface area contributed by atoms with Gasteiger partial charge in [-0.1, -0.05) is 51.1 Å². The predicted octanol–water partition coefficient (Wildman–Crippen LogP) is 4.08. The summed E-state index contributed by atoms with van der Waals surface area (Å²) < 4.78 is 5.41. The van der Waals surface area contributed by atoms with E-state index in [2.05, 4.69) is 56.0 Å². The van der Waals surface area contributed by atoms with Gasteiger partial charge in [0.05, 0.1) is 0 Å². The fourth-order valence-electron chi connectivity index (χ4n) is 2.71. The Balaban J connectivity index is 2.07. The van der Waals surface area contributed by atoms with Gasteiger partial charge in [-0.3, -0.25) is 0 Å². The maximum Gasteiger partial charge on any atom is 0.232 e. The molecule has 0 fully saturated rings. The molecule has 0 saturated heterocycles. The van der Waals surface area contributed by atoms with Crippen LogP contribution in [0.2, 0.25) is 0 Å². The Kier molecular flexibility index (Phi) is 2.73. The number of hydrogen-bond donors (Lipinski definition) is 0. The van der Waals surface area contributed by atoms with Gasteiger partial charge >= 0.3 is 0 Å². The molecule has 3 rings (SSSR count). The van der Waals surface area contributed by atoms with Crippen LogP contribution < -0.4 is 0 Å². The Morgan fingerprint density at radius 1 is 1.26 bits per heavy atom. The van der Waals surface area contributed by atoms with Crippen molar-refractivity contribution in [2.75, 3.05) is 0 Å². The molecule has 0 N–H and O–H groups in total. The summed E-state index contributed by atoms with van der Waals surface area (Å²) in [6.45, 7) is 8.54. The van der Waals surface area contributed by atoms with Crippen LogP contribution in [-0.4, -0.2) is 10.1 Å². The number of fused-ring (bicyclic) bond motifs is 1. The van der Waals surface area contributed by atoms with E-state index < -0.39 is 0 Å². The van der Waals surface area contributed by atoms with E-state index in [1.54, 1.807) is 0 Å². The first-order valence-electron chi connectivity index (χ1n) is 6.93. The summed E-state index contributed by atoms with van der Waals surface area (Å²) in [6.07, 6.45) is 2.34. The number of rotatable bonds is 1. The van der Waals surface area contributed by atoms with Crippen molar-refractivity contribution in [1.82, 2.24) is 10.1 Å². The molecular weight excluding hydrogens is 236 g/mol. The van der Waals surface area contributed by atoms with Crippen LogP contribution in [0.4, 0.5) is 0 Å². The van der Waals surface area contributed by atoms with Crippen molar-refractivity contribution in [2.45, 2.75) is 51.9 Å². The first-order valence-corrected chi connectivity index (χ1v) is 6.93. The minimum absolute atomic E-state index is 0.101. The second kappa shape index (κ2) is 4.19. The molecule has 100 valence electrons. The van der Waals surface area contributed by atoms with Crippen molar-refractivity contribution >= 4 is 0 Å². The Morgan fingerprint density at radius 3 is 2.74 bits per heavy atom. The summed E-state index contributed by atoms with van der Waals surface area (Å²) in [4.78, 5) is 4.58. The van der Waals surface area contributed by atoms with Gasteiger partial charge in [-0.2, -0.15) is 4.98 Å². The summed E-state index contributed by atoms with van der Waals surface area (Å²) in [6, 6.07) is 6.43. The second-order valence-electron chi connectivity index (χ2n) is 6.49. The van der Waals surface area contributed by atoms with Gasteiger partial charge in [-0.15, -0.1) is 0 Å². The minimum atomic E-state index is -0.101. The standard InChI is InChI=1S/C16H20N2O/c1-10-8-9-12-11(10)6-5-7-13(12)14-17-15(19-18-14)16(2,3)4/h5-7,10H,8-9H2,1-4H3/t10-/m1/s1. The third-order valence-electron chi connectivity index (χ3n) is 3.88. The molecule has 0 radical (unpaired) electrons. The zero-order valence-electron chi connectivity index (χ0n) is 12.0. The van der Waals surface area contributed by atoms with Crippen molar-refractivity contribution in [3.63, 3.8) is 0 Å². The molecule has 1 aromatic carbocycles. The lowest BCUT2D eigenvalue weighted by atomic mass is 9.97. The number of benzene rings is 1. The van der Waals surface area contributed by atoms with Gasteiger partial charge in [0, 0.05) is 11.0 Å². The first-order chi connectivity index (χ1) is 8.97. The third-order valence-corrected chi connectivity index (χ3v) is 3.88. The Morgan fingerprint density at radius 2 is 2.05 bits per heavy atom. The SMILES string of the molecule is C[C@@H]1CCc2c(-c3noc(C(C)(C)C)n3)cccc21. The molecule has 1 aliphatic rings. The number of aromatic nitrogens is 2. The Labute approximate surface area is 114 Å². The molecule has 1 aromatic heterocycles. The normalized spacial score (nSPS) is 18.6. The summed E-state index contributed by atoms with van der Waals surface area (Å²) in [7, 11) is 0. The fourth-order valence-corrected chi connectivity index (χ4v) is 2.71. The van der Waals surface area contributed by atoms with E-state index in [4.69, 9.17) is 4.52 Å². The van der Waals surface area contributed by atoms with Gasteiger partial charge in [-0.05, 0) is 29.9 Å². The highest BCUT2D eigenvalue weighted by molar-refractivity contribution is 5.63. The molecule has 0 amide bonds. The molecule has 1 atom stereocenters. The topological polar surface area (TPSA) is 38.9 Å². The quantitative estimate of drug-likeness (QED) is 0.771. The van der Waals surface area contributed by atoms with E-state index in [1.807, 2.05) is 0 Å². The van der Waals surface area contributed by atoms with Crippen molar-refractivity contribution in [2.24, 2.45) is 0 Å². The maximum atomic E-state index is 5.41. The molecule has 0 spiro atoms. The van der Waals surface area contributed by atoms with Gasteiger partial charge < -0.3 is 4.52 Å². The van der Waals surface area contributed by atoms with E-state index in [1.165, 1.54) is 17.5 Å². The minimum Gasteiger partial charge on any atom is -0.338 e. The summed E-state index contributed by atoms with van der Waals surface area (Å²) in [5.41, 5.74) is 3.88. The van der Waals surface area contributed by atoms with Crippen molar-refractivity contribution < 1.29 is 4.52 Å². The monoisotopic (exact) mass is 256 g/mol. The molecule has 19 heavy (non-hydrogen) atoms. The highest BCUT2D eigenvalue weighted by atomic mass is 16.5. The summed E-state index contributed by atoms with van der Waals surface area (Å²) >= 11 is 0. The molecule has 1 aliphatic carbocycles. The van der Waals surface area contributed by atoms with Crippen LogP contribution in [0.25, 0.3) is 11.4 Å². The smallest absolute Gasteiger partial charge is 0.232 e. The van der Waals surface area contributed by atoms with E-state index in [-0.39, 0.29) is 5.41 Å². The average molecular weight is 256 g/mol. The van der Waals surface area contributed by atoms with Crippen LogP contribution in [0.5, 0.6) is 0 Å². The molecular formula is C16H20N2O.